The van der Waals surface area contributed by atoms with E-state index in [1.54, 1.807) is 0 Å². The molecule has 0 bridgehead atoms. The van der Waals surface area contributed by atoms with E-state index in [1.807, 2.05) is 6.92 Å². The lowest BCUT2D eigenvalue weighted by molar-refractivity contribution is 0.145. The Balaban J connectivity index is 2.69. The van der Waals surface area contributed by atoms with Crippen LogP contribution in [0, 0.1) is 0 Å². The Morgan fingerprint density at radius 1 is 1.09 bits per heavy atom. The van der Waals surface area contributed by atoms with Crippen molar-refractivity contribution in [2.45, 2.75) is 33.1 Å². The van der Waals surface area contributed by atoms with E-state index in [4.69, 9.17) is 4.74 Å². The number of hydrogen-bond donors (Lipinski definition) is 1. The van der Waals surface area contributed by atoms with E-state index < -0.39 is 0 Å². The van der Waals surface area contributed by atoms with Crippen LogP contribution in [0.2, 0.25) is 0 Å². The fraction of sp³-hybridized carbons (Fsp3) is 1.00. The highest BCUT2D eigenvalue weighted by Crippen LogP contribution is 1.84. The summed E-state index contributed by atoms with van der Waals surface area (Å²) in [5.41, 5.74) is 0. The maximum atomic E-state index is 5.20. The molecule has 0 aromatic rings. The second-order valence-electron chi connectivity index (χ2n) is 2.65. The normalized spacial score (nSPS) is 10.4. The quantitative estimate of drug-likeness (QED) is 0.545. The average Bonchev–Trinajstić information content (AvgIpc) is 2.03. The van der Waals surface area contributed by atoms with Crippen molar-refractivity contribution in [3.8, 4) is 0 Å². The third-order valence-electron chi connectivity index (χ3n) is 1.55. The molecule has 68 valence electrons. The molecule has 0 aromatic heterocycles. The Hall–Kier alpha value is -0.0800. The number of rotatable bonds is 8. The predicted octanol–water partition coefficient (Wildman–Crippen LogP) is 1.80. The molecule has 0 amide bonds. The van der Waals surface area contributed by atoms with Crippen LogP contribution < -0.4 is 5.32 Å². The smallest absolute Gasteiger partial charge is 0.0477 e. The second-order valence-corrected chi connectivity index (χ2v) is 2.65. The molecule has 0 rings (SSSR count). The highest BCUT2D eigenvalue weighted by atomic mass is 16.5. The zero-order chi connectivity index (χ0) is 8.36. The average molecular weight is 159 g/mol. The largest absolute Gasteiger partial charge is 0.382 e. The van der Waals surface area contributed by atoms with Crippen molar-refractivity contribution in [2.75, 3.05) is 26.3 Å². The molecule has 1 N–H and O–H groups in total. The highest BCUT2D eigenvalue weighted by molar-refractivity contribution is 4.46. The van der Waals surface area contributed by atoms with Gasteiger partial charge in [0.25, 0.3) is 0 Å². The molecule has 0 unspecified atom stereocenters. The van der Waals surface area contributed by atoms with Crippen LogP contribution in [0.4, 0.5) is 0 Å². The number of hydrogen-bond acceptors (Lipinski definition) is 2. The molecule has 0 aliphatic carbocycles. The van der Waals surface area contributed by atoms with Crippen molar-refractivity contribution in [2.24, 2.45) is 0 Å². The fourth-order valence-electron chi connectivity index (χ4n) is 0.870. The number of ether oxygens (including phenoxy) is 1. The third kappa shape index (κ3) is 9.92. The summed E-state index contributed by atoms with van der Waals surface area (Å²) in [6.07, 6.45) is 3.70. The van der Waals surface area contributed by atoms with Gasteiger partial charge in [-0.2, -0.15) is 0 Å². The van der Waals surface area contributed by atoms with Crippen LogP contribution in [0.15, 0.2) is 0 Å². The first-order valence-corrected chi connectivity index (χ1v) is 4.70. The Morgan fingerprint density at radius 2 is 1.82 bits per heavy atom. The van der Waals surface area contributed by atoms with Gasteiger partial charge in [-0.05, 0) is 32.9 Å². The summed E-state index contributed by atoms with van der Waals surface area (Å²) >= 11 is 0. The predicted molar refractivity (Wildman–Crippen MR) is 48.9 cm³/mol. The zero-order valence-electron chi connectivity index (χ0n) is 7.86. The minimum atomic E-state index is 0.842. The molecule has 2 heteroatoms. The van der Waals surface area contributed by atoms with Gasteiger partial charge in [0.05, 0.1) is 0 Å². The van der Waals surface area contributed by atoms with Crippen molar-refractivity contribution >= 4 is 0 Å². The van der Waals surface area contributed by atoms with Crippen molar-refractivity contribution in [3.63, 3.8) is 0 Å². The van der Waals surface area contributed by atoms with E-state index in [1.165, 1.54) is 12.8 Å². The standard InChI is InChI=1S/C9H21NO/c1-3-5-7-10-8-6-9-11-4-2/h10H,3-9H2,1-2H3. The van der Waals surface area contributed by atoms with Gasteiger partial charge in [-0.1, -0.05) is 13.3 Å². The van der Waals surface area contributed by atoms with Gasteiger partial charge in [0.1, 0.15) is 0 Å². The first-order valence-electron chi connectivity index (χ1n) is 4.70. The molecule has 0 heterocycles. The molecule has 11 heavy (non-hydrogen) atoms. The Labute approximate surface area is 70.3 Å². The SMILES string of the molecule is CCCCNCCCOCC. The molecule has 0 spiro atoms. The van der Waals surface area contributed by atoms with Gasteiger partial charge in [0.2, 0.25) is 0 Å². The van der Waals surface area contributed by atoms with Crippen LogP contribution in [0.3, 0.4) is 0 Å². The highest BCUT2D eigenvalue weighted by Gasteiger charge is 1.86. The minimum absolute atomic E-state index is 0.842. The van der Waals surface area contributed by atoms with Crippen molar-refractivity contribution in [3.05, 3.63) is 0 Å². The topological polar surface area (TPSA) is 21.3 Å². The van der Waals surface area contributed by atoms with E-state index in [2.05, 4.69) is 12.2 Å². The van der Waals surface area contributed by atoms with Gasteiger partial charge in [-0.15, -0.1) is 0 Å². The maximum Gasteiger partial charge on any atom is 0.0477 e. The summed E-state index contributed by atoms with van der Waals surface area (Å²) in [5.74, 6) is 0. The van der Waals surface area contributed by atoms with Gasteiger partial charge in [-0.3, -0.25) is 0 Å². The monoisotopic (exact) mass is 159 g/mol. The minimum Gasteiger partial charge on any atom is -0.382 e. The zero-order valence-corrected chi connectivity index (χ0v) is 7.86. The summed E-state index contributed by atoms with van der Waals surface area (Å²) < 4.78 is 5.20. The van der Waals surface area contributed by atoms with Crippen LogP contribution in [0.5, 0.6) is 0 Å². The van der Waals surface area contributed by atoms with Crippen molar-refractivity contribution in [1.82, 2.24) is 5.32 Å². The summed E-state index contributed by atoms with van der Waals surface area (Å²) in [6.45, 7) is 8.24. The summed E-state index contributed by atoms with van der Waals surface area (Å²) in [5, 5.41) is 3.37. The molecule has 0 saturated carbocycles. The van der Waals surface area contributed by atoms with Gasteiger partial charge in [-0.25, -0.2) is 0 Å². The van der Waals surface area contributed by atoms with Crippen LogP contribution in [0.1, 0.15) is 33.1 Å². The van der Waals surface area contributed by atoms with Crippen LogP contribution >= 0.6 is 0 Å². The molecule has 0 aliphatic heterocycles. The second kappa shape index (κ2) is 9.92. The number of nitrogens with one attached hydrogen (secondary N) is 1. The molecule has 0 radical (unpaired) electrons. The lowest BCUT2D eigenvalue weighted by Gasteiger charge is -2.02. The van der Waals surface area contributed by atoms with Crippen LogP contribution in [-0.4, -0.2) is 26.3 Å². The molecule has 0 aliphatic rings. The number of unbranched alkanes of at least 4 members (excludes halogenated alkanes) is 1. The molecular weight excluding hydrogens is 138 g/mol. The van der Waals surface area contributed by atoms with E-state index in [9.17, 15) is 0 Å². The van der Waals surface area contributed by atoms with E-state index in [0.717, 1.165) is 32.7 Å². The summed E-state index contributed by atoms with van der Waals surface area (Å²) in [7, 11) is 0. The first kappa shape index (κ1) is 10.9. The van der Waals surface area contributed by atoms with Gasteiger partial charge < -0.3 is 10.1 Å². The molecule has 0 atom stereocenters. The summed E-state index contributed by atoms with van der Waals surface area (Å²) in [4.78, 5) is 0. The Kier molecular flexibility index (Phi) is 9.85. The van der Waals surface area contributed by atoms with Crippen molar-refractivity contribution < 1.29 is 4.74 Å². The molecule has 0 aromatic carbocycles. The first-order chi connectivity index (χ1) is 5.41. The molecule has 2 nitrogen and oxygen atoms in total. The Bertz CT molecular complexity index is 58.6. The van der Waals surface area contributed by atoms with Crippen LogP contribution in [0.25, 0.3) is 0 Å². The van der Waals surface area contributed by atoms with E-state index in [-0.39, 0.29) is 0 Å². The lowest BCUT2D eigenvalue weighted by atomic mass is 10.3. The van der Waals surface area contributed by atoms with Gasteiger partial charge in [0, 0.05) is 13.2 Å². The van der Waals surface area contributed by atoms with Crippen molar-refractivity contribution in [1.29, 1.82) is 0 Å². The Morgan fingerprint density at radius 3 is 2.45 bits per heavy atom. The van der Waals surface area contributed by atoms with E-state index in [0.29, 0.717) is 0 Å². The third-order valence-corrected chi connectivity index (χ3v) is 1.55. The molecule has 0 fully saturated rings. The fourth-order valence-corrected chi connectivity index (χ4v) is 0.870. The van der Waals surface area contributed by atoms with E-state index >= 15 is 0 Å². The maximum absolute atomic E-state index is 5.20. The molecule has 0 saturated heterocycles. The summed E-state index contributed by atoms with van der Waals surface area (Å²) in [6, 6.07) is 0. The van der Waals surface area contributed by atoms with Gasteiger partial charge >= 0.3 is 0 Å². The van der Waals surface area contributed by atoms with Gasteiger partial charge in [0.15, 0.2) is 0 Å². The lowest BCUT2D eigenvalue weighted by Crippen LogP contribution is -2.17. The molecular formula is C9H21NO. The van der Waals surface area contributed by atoms with Crippen LogP contribution in [-0.2, 0) is 4.74 Å².